The fourth-order valence-corrected chi connectivity index (χ4v) is 6.09. The molecule has 2 aromatic heterocycles. The highest BCUT2D eigenvalue weighted by Crippen LogP contribution is 2.32. The summed E-state index contributed by atoms with van der Waals surface area (Å²) in [4.78, 5) is 40.2. The molecule has 5 rings (SSSR count). The van der Waals surface area contributed by atoms with Crippen LogP contribution in [0.1, 0.15) is 47.3 Å². The maximum atomic E-state index is 13.2. The molecule has 2 fully saturated rings. The molecular weight excluding hydrogens is 583 g/mol. The van der Waals surface area contributed by atoms with E-state index < -0.39 is 11.7 Å². The number of hydrogen-bond acceptors (Lipinski definition) is 9. The van der Waals surface area contributed by atoms with Crippen LogP contribution in [0, 0.1) is 12.8 Å². The third-order valence-electron chi connectivity index (χ3n) is 7.51. The third-order valence-corrected chi connectivity index (χ3v) is 8.38. The quantitative estimate of drug-likeness (QED) is 0.186. The number of aromatic nitrogens is 2. The molecule has 0 unspecified atom stereocenters. The van der Waals surface area contributed by atoms with E-state index in [1.54, 1.807) is 30.0 Å². The number of likely N-dealkylation sites (tertiary alicyclic amines) is 1. The van der Waals surface area contributed by atoms with E-state index in [9.17, 15) is 22.8 Å². The molecule has 2 aliphatic heterocycles. The molecule has 4 heterocycles. The molecule has 43 heavy (non-hydrogen) atoms. The highest BCUT2D eigenvalue weighted by molar-refractivity contribution is 7.98. The first-order chi connectivity index (χ1) is 20.6. The van der Waals surface area contributed by atoms with Crippen molar-refractivity contribution in [2.75, 3.05) is 55.7 Å². The van der Waals surface area contributed by atoms with E-state index >= 15 is 0 Å². The number of piperazine rings is 1. The Bertz CT molecular complexity index is 1440. The van der Waals surface area contributed by atoms with E-state index in [-0.39, 0.29) is 23.6 Å². The maximum Gasteiger partial charge on any atom is 0.416 e. The van der Waals surface area contributed by atoms with Gasteiger partial charge in [-0.15, -0.1) is 0 Å². The Morgan fingerprint density at radius 3 is 2.56 bits per heavy atom. The fraction of sp³-hybridized carbons (Fsp3) is 0.467. The van der Waals surface area contributed by atoms with E-state index in [0.29, 0.717) is 74.7 Å². The molecule has 0 N–H and O–H groups in total. The summed E-state index contributed by atoms with van der Waals surface area (Å²) in [5, 5.41) is 0.563. The second kappa shape index (κ2) is 13.3. The van der Waals surface area contributed by atoms with Crippen LogP contribution >= 0.6 is 11.8 Å². The average Bonchev–Trinajstić information content (AvgIpc) is 3.48. The van der Waals surface area contributed by atoms with Crippen LogP contribution in [-0.2, 0) is 21.5 Å². The van der Waals surface area contributed by atoms with Crippen molar-refractivity contribution in [2.24, 2.45) is 5.92 Å². The van der Waals surface area contributed by atoms with Crippen molar-refractivity contribution in [1.82, 2.24) is 14.9 Å². The number of rotatable bonds is 8. The standard InChI is InChI=1S/C30H34F3N5O4S/c1-3-41-28(40)21-6-5-11-38(18-21)27(39)25-10-9-24(42-25)19-43-29-34-20(2)16-26(35-29)37-14-12-36(13-15-37)23-8-4-7-22(17-23)30(31,32)33/h4,7-10,16-17,21H,3,5-6,11-15,18-19H2,1-2H3/t21-/m1/s1. The number of furan rings is 1. The monoisotopic (exact) mass is 617 g/mol. The number of carbonyl (C=O) groups excluding carboxylic acids is 2. The Morgan fingerprint density at radius 1 is 1.05 bits per heavy atom. The molecule has 3 aromatic rings. The Hall–Kier alpha value is -3.74. The van der Waals surface area contributed by atoms with Crippen LogP contribution in [0.25, 0.3) is 0 Å². The van der Waals surface area contributed by atoms with Crippen molar-refractivity contribution in [3.05, 3.63) is 65.2 Å². The molecule has 0 aliphatic carbocycles. The van der Waals surface area contributed by atoms with Crippen LogP contribution in [-0.4, -0.2) is 72.6 Å². The molecule has 1 amide bonds. The summed E-state index contributed by atoms with van der Waals surface area (Å²) in [7, 11) is 0. The number of alkyl halides is 3. The highest BCUT2D eigenvalue weighted by atomic mass is 32.2. The number of esters is 1. The molecule has 230 valence electrons. The highest BCUT2D eigenvalue weighted by Gasteiger charge is 2.32. The second-order valence-electron chi connectivity index (χ2n) is 10.6. The zero-order valence-electron chi connectivity index (χ0n) is 24.1. The van der Waals surface area contributed by atoms with Gasteiger partial charge in [0.05, 0.1) is 23.8 Å². The molecule has 9 nitrogen and oxygen atoms in total. The zero-order valence-corrected chi connectivity index (χ0v) is 24.9. The molecule has 2 aliphatic rings. The Morgan fingerprint density at radius 2 is 1.81 bits per heavy atom. The van der Waals surface area contributed by atoms with E-state index in [2.05, 4.69) is 9.88 Å². The molecule has 1 aromatic carbocycles. The zero-order chi connectivity index (χ0) is 30.6. The van der Waals surface area contributed by atoms with Gasteiger partial charge < -0.3 is 23.9 Å². The predicted octanol–water partition coefficient (Wildman–Crippen LogP) is 5.43. The first-order valence-corrected chi connectivity index (χ1v) is 15.3. The summed E-state index contributed by atoms with van der Waals surface area (Å²) in [5.74, 6) is 1.17. The minimum atomic E-state index is -4.38. The lowest BCUT2D eigenvalue weighted by Gasteiger charge is -2.37. The molecule has 0 radical (unpaired) electrons. The van der Waals surface area contributed by atoms with Crippen molar-refractivity contribution in [3.8, 4) is 0 Å². The molecule has 0 saturated carbocycles. The van der Waals surface area contributed by atoms with E-state index in [4.69, 9.17) is 14.1 Å². The van der Waals surface area contributed by atoms with Crippen molar-refractivity contribution in [1.29, 1.82) is 0 Å². The van der Waals surface area contributed by atoms with E-state index in [0.717, 1.165) is 24.0 Å². The number of ether oxygens (including phenoxy) is 1. The summed E-state index contributed by atoms with van der Waals surface area (Å²) >= 11 is 1.39. The largest absolute Gasteiger partial charge is 0.466 e. The topological polar surface area (TPSA) is 92.0 Å². The van der Waals surface area contributed by atoms with Gasteiger partial charge in [-0.25, -0.2) is 9.97 Å². The van der Waals surface area contributed by atoms with Gasteiger partial charge in [-0.1, -0.05) is 17.8 Å². The number of amides is 1. The molecule has 2 saturated heterocycles. The summed E-state index contributed by atoms with van der Waals surface area (Å²) in [6.07, 6.45) is -2.95. The minimum Gasteiger partial charge on any atom is -0.466 e. The molecule has 0 bridgehead atoms. The maximum absolute atomic E-state index is 13.2. The summed E-state index contributed by atoms with van der Waals surface area (Å²) in [6.45, 7) is 7.19. The number of piperidine rings is 1. The number of carbonyl (C=O) groups is 2. The smallest absolute Gasteiger partial charge is 0.416 e. The molecule has 13 heteroatoms. The van der Waals surface area contributed by atoms with Gasteiger partial charge in [0.2, 0.25) is 0 Å². The lowest BCUT2D eigenvalue weighted by Crippen LogP contribution is -2.47. The van der Waals surface area contributed by atoms with Crippen molar-refractivity contribution >= 4 is 35.1 Å². The van der Waals surface area contributed by atoms with Gasteiger partial charge in [-0.2, -0.15) is 13.2 Å². The minimum absolute atomic E-state index is 0.226. The summed E-state index contributed by atoms with van der Waals surface area (Å²) < 4.78 is 50.5. The average molecular weight is 618 g/mol. The Labute approximate surface area is 252 Å². The van der Waals surface area contributed by atoms with Crippen LogP contribution in [0.5, 0.6) is 0 Å². The number of benzene rings is 1. The fourth-order valence-electron chi connectivity index (χ4n) is 5.30. The lowest BCUT2D eigenvalue weighted by atomic mass is 9.98. The van der Waals surface area contributed by atoms with Gasteiger partial charge in [0.15, 0.2) is 10.9 Å². The third kappa shape index (κ3) is 7.62. The van der Waals surface area contributed by atoms with Gasteiger partial charge in [0.25, 0.3) is 5.91 Å². The number of anilines is 2. The van der Waals surface area contributed by atoms with Crippen molar-refractivity contribution in [2.45, 2.75) is 43.8 Å². The number of thioether (sulfide) groups is 1. The summed E-state index contributed by atoms with van der Waals surface area (Å²) in [6, 6.07) is 10.7. The van der Waals surface area contributed by atoms with Crippen LogP contribution < -0.4 is 9.80 Å². The van der Waals surface area contributed by atoms with Crippen LogP contribution in [0.3, 0.4) is 0 Å². The lowest BCUT2D eigenvalue weighted by molar-refractivity contribution is -0.149. The van der Waals surface area contributed by atoms with Gasteiger partial charge in [-0.3, -0.25) is 9.59 Å². The Balaban J connectivity index is 1.16. The number of hydrogen-bond donors (Lipinski definition) is 0. The number of halogens is 3. The van der Waals surface area contributed by atoms with Crippen LogP contribution in [0.15, 0.2) is 52.0 Å². The van der Waals surface area contributed by atoms with Crippen molar-refractivity contribution < 1.29 is 31.9 Å². The van der Waals surface area contributed by atoms with E-state index in [1.165, 1.54) is 23.9 Å². The second-order valence-corrected chi connectivity index (χ2v) is 11.5. The van der Waals surface area contributed by atoms with Gasteiger partial charge in [0.1, 0.15) is 11.6 Å². The van der Waals surface area contributed by atoms with Crippen LogP contribution in [0.4, 0.5) is 24.7 Å². The molecule has 1 atom stereocenters. The number of aryl methyl sites for hydroxylation is 1. The first kappa shape index (κ1) is 30.7. The van der Waals surface area contributed by atoms with Gasteiger partial charge >= 0.3 is 12.1 Å². The summed E-state index contributed by atoms with van der Waals surface area (Å²) in [5.41, 5.74) is 0.701. The Kier molecular flexibility index (Phi) is 9.48. The normalized spacial score (nSPS) is 17.7. The van der Waals surface area contributed by atoms with Crippen molar-refractivity contribution in [3.63, 3.8) is 0 Å². The number of nitrogens with zero attached hydrogens (tertiary/aromatic N) is 5. The van der Waals surface area contributed by atoms with Crippen LogP contribution in [0.2, 0.25) is 0 Å². The SMILES string of the molecule is CCOC(=O)[C@@H]1CCCN(C(=O)c2ccc(CSc3nc(C)cc(N4CCN(c5cccc(C(F)(F)F)c5)CC4)n3)o2)C1. The van der Waals surface area contributed by atoms with Gasteiger partial charge in [-0.05, 0) is 57.0 Å². The molecule has 0 spiro atoms. The predicted molar refractivity (Wildman–Crippen MR) is 156 cm³/mol. The van der Waals surface area contributed by atoms with Gasteiger partial charge in [0, 0.05) is 56.7 Å². The molecular formula is C30H34F3N5O4S. The first-order valence-electron chi connectivity index (χ1n) is 14.3. The van der Waals surface area contributed by atoms with E-state index in [1.807, 2.05) is 17.9 Å².